The number of carbonyl (C=O) groups excluding carboxylic acids is 1. The number of rotatable bonds is 3. The van der Waals surface area contributed by atoms with Crippen LogP contribution in [-0.2, 0) is 4.79 Å². The van der Waals surface area contributed by atoms with Crippen molar-refractivity contribution in [3.63, 3.8) is 0 Å². The third-order valence-corrected chi connectivity index (χ3v) is 2.97. The number of carbonyl (C=O) groups is 1. The highest BCUT2D eigenvalue weighted by atomic mass is 16.3. The summed E-state index contributed by atoms with van der Waals surface area (Å²) in [7, 11) is 0. The van der Waals surface area contributed by atoms with E-state index < -0.39 is 5.41 Å². The van der Waals surface area contributed by atoms with Crippen LogP contribution < -0.4 is 5.73 Å². The maximum atomic E-state index is 11.3. The SMILES string of the molecule is NC(=O)C1([CH]CO)CCCCCC1. The van der Waals surface area contributed by atoms with E-state index in [1.807, 2.05) is 0 Å². The highest BCUT2D eigenvalue weighted by molar-refractivity contribution is 5.82. The average Bonchev–Trinajstić information content (AvgIpc) is 2.31. The lowest BCUT2D eigenvalue weighted by Gasteiger charge is -2.27. The standard InChI is InChI=1S/C10H18NO2/c11-9(13)10(7-8-12)5-3-1-2-4-6-10/h7,12H,1-6,8H2,(H2,11,13). The van der Waals surface area contributed by atoms with E-state index in [1.54, 1.807) is 6.42 Å². The molecule has 0 saturated heterocycles. The molecule has 0 aromatic rings. The zero-order chi connectivity index (χ0) is 9.73. The van der Waals surface area contributed by atoms with Crippen LogP contribution >= 0.6 is 0 Å². The van der Waals surface area contributed by atoms with Gasteiger partial charge in [-0.1, -0.05) is 25.7 Å². The number of amides is 1. The molecule has 1 fully saturated rings. The van der Waals surface area contributed by atoms with Gasteiger partial charge in [0.05, 0.1) is 5.41 Å². The fourth-order valence-electron chi connectivity index (χ4n) is 2.09. The largest absolute Gasteiger partial charge is 0.396 e. The number of nitrogens with two attached hydrogens (primary N) is 1. The van der Waals surface area contributed by atoms with E-state index in [0.717, 1.165) is 25.7 Å². The summed E-state index contributed by atoms with van der Waals surface area (Å²) in [5, 5.41) is 8.86. The van der Waals surface area contributed by atoms with Crippen LogP contribution in [0.3, 0.4) is 0 Å². The van der Waals surface area contributed by atoms with Gasteiger partial charge in [-0.15, -0.1) is 0 Å². The van der Waals surface area contributed by atoms with E-state index in [4.69, 9.17) is 10.8 Å². The molecule has 0 unspecified atom stereocenters. The summed E-state index contributed by atoms with van der Waals surface area (Å²) in [4.78, 5) is 11.3. The van der Waals surface area contributed by atoms with Gasteiger partial charge in [-0.25, -0.2) is 0 Å². The van der Waals surface area contributed by atoms with Gasteiger partial charge in [0.2, 0.25) is 5.91 Å². The summed E-state index contributed by atoms with van der Waals surface area (Å²) >= 11 is 0. The van der Waals surface area contributed by atoms with E-state index >= 15 is 0 Å². The van der Waals surface area contributed by atoms with Crippen molar-refractivity contribution in [2.24, 2.45) is 11.1 Å². The normalized spacial score (nSPS) is 22.2. The van der Waals surface area contributed by atoms with Crippen molar-refractivity contribution < 1.29 is 9.90 Å². The van der Waals surface area contributed by atoms with Gasteiger partial charge < -0.3 is 10.8 Å². The van der Waals surface area contributed by atoms with E-state index in [9.17, 15) is 4.79 Å². The zero-order valence-corrected chi connectivity index (χ0v) is 7.96. The van der Waals surface area contributed by atoms with Gasteiger partial charge in [0.15, 0.2) is 0 Å². The lowest BCUT2D eigenvalue weighted by molar-refractivity contribution is -0.127. The Bertz CT molecular complexity index is 172. The molecule has 3 N–H and O–H groups in total. The molecule has 0 atom stereocenters. The summed E-state index contributed by atoms with van der Waals surface area (Å²) in [5.74, 6) is -0.275. The minimum absolute atomic E-state index is 0.0526. The van der Waals surface area contributed by atoms with Crippen LogP contribution in [0.15, 0.2) is 0 Å². The highest BCUT2D eigenvalue weighted by Gasteiger charge is 2.36. The lowest BCUT2D eigenvalue weighted by atomic mass is 9.77. The predicted molar refractivity (Wildman–Crippen MR) is 50.7 cm³/mol. The quantitative estimate of drug-likeness (QED) is 0.643. The third kappa shape index (κ3) is 2.44. The van der Waals surface area contributed by atoms with E-state index in [-0.39, 0.29) is 12.5 Å². The molecule has 0 aromatic carbocycles. The first-order valence-corrected chi connectivity index (χ1v) is 4.96. The Morgan fingerprint density at radius 2 is 1.85 bits per heavy atom. The Kier molecular flexibility index (Phi) is 3.72. The summed E-state index contributed by atoms with van der Waals surface area (Å²) < 4.78 is 0. The molecule has 3 heteroatoms. The Labute approximate surface area is 79.3 Å². The Morgan fingerprint density at radius 3 is 2.23 bits per heavy atom. The summed E-state index contributed by atoms with van der Waals surface area (Å²) in [6, 6.07) is 0. The van der Waals surface area contributed by atoms with Gasteiger partial charge in [0.25, 0.3) is 0 Å². The van der Waals surface area contributed by atoms with Crippen LogP contribution in [0.5, 0.6) is 0 Å². The summed E-state index contributed by atoms with van der Waals surface area (Å²) in [6.45, 7) is -0.0526. The Morgan fingerprint density at radius 1 is 1.31 bits per heavy atom. The van der Waals surface area contributed by atoms with Gasteiger partial charge in [0, 0.05) is 13.0 Å². The van der Waals surface area contributed by atoms with Crippen molar-refractivity contribution in [2.45, 2.75) is 38.5 Å². The molecule has 1 radical (unpaired) electrons. The number of aliphatic hydroxyl groups excluding tert-OH is 1. The van der Waals surface area contributed by atoms with Gasteiger partial charge in [0.1, 0.15) is 0 Å². The first kappa shape index (κ1) is 10.5. The van der Waals surface area contributed by atoms with Crippen molar-refractivity contribution in [3.05, 3.63) is 6.42 Å². The molecule has 3 nitrogen and oxygen atoms in total. The van der Waals surface area contributed by atoms with Crippen molar-refractivity contribution in [3.8, 4) is 0 Å². The minimum Gasteiger partial charge on any atom is -0.396 e. The Hall–Kier alpha value is -0.570. The third-order valence-electron chi connectivity index (χ3n) is 2.97. The van der Waals surface area contributed by atoms with Crippen LogP contribution in [0.4, 0.5) is 0 Å². The van der Waals surface area contributed by atoms with Gasteiger partial charge >= 0.3 is 0 Å². The van der Waals surface area contributed by atoms with Crippen molar-refractivity contribution >= 4 is 5.91 Å². The number of aliphatic hydroxyl groups is 1. The monoisotopic (exact) mass is 184 g/mol. The molecule has 0 heterocycles. The van der Waals surface area contributed by atoms with Crippen LogP contribution in [0.25, 0.3) is 0 Å². The van der Waals surface area contributed by atoms with E-state index in [1.165, 1.54) is 12.8 Å². The number of hydrogen-bond donors (Lipinski definition) is 2. The second kappa shape index (κ2) is 4.61. The molecular formula is C10H18NO2. The van der Waals surface area contributed by atoms with Crippen molar-refractivity contribution in [2.75, 3.05) is 6.61 Å². The van der Waals surface area contributed by atoms with E-state index in [2.05, 4.69) is 0 Å². The van der Waals surface area contributed by atoms with Gasteiger partial charge in [-0.3, -0.25) is 4.79 Å². The molecule has 1 rings (SSSR count). The van der Waals surface area contributed by atoms with Crippen molar-refractivity contribution in [1.82, 2.24) is 0 Å². The summed E-state index contributed by atoms with van der Waals surface area (Å²) in [6.07, 6.45) is 7.73. The van der Waals surface area contributed by atoms with Gasteiger partial charge in [-0.2, -0.15) is 0 Å². The van der Waals surface area contributed by atoms with Crippen LogP contribution in [0, 0.1) is 11.8 Å². The second-order valence-electron chi connectivity index (χ2n) is 3.82. The molecule has 0 spiro atoms. The topological polar surface area (TPSA) is 63.3 Å². The number of hydrogen-bond acceptors (Lipinski definition) is 2. The minimum atomic E-state index is -0.523. The first-order valence-electron chi connectivity index (χ1n) is 4.96. The molecular weight excluding hydrogens is 166 g/mol. The zero-order valence-electron chi connectivity index (χ0n) is 7.96. The predicted octanol–water partition coefficient (Wildman–Crippen LogP) is 1.01. The van der Waals surface area contributed by atoms with E-state index in [0.29, 0.717) is 0 Å². The first-order chi connectivity index (χ1) is 6.21. The molecule has 1 amide bonds. The maximum absolute atomic E-state index is 11.3. The van der Waals surface area contributed by atoms with Crippen molar-refractivity contribution in [1.29, 1.82) is 0 Å². The lowest BCUT2D eigenvalue weighted by Crippen LogP contribution is -2.38. The maximum Gasteiger partial charge on any atom is 0.224 e. The average molecular weight is 184 g/mol. The van der Waals surface area contributed by atoms with Crippen LogP contribution in [0.1, 0.15) is 38.5 Å². The van der Waals surface area contributed by atoms with Crippen LogP contribution in [-0.4, -0.2) is 17.6 Å². The Balaban J connectivity index is 2.67. The molecule has 0 bridgehead atoms. The molecule has 1 aliphatic carbocycles. The molecule has 1 saturated carbocycles. The second-order valence-corrected chi connectivity index (χ2v) is 3.82. The number of primary amides is 1. The smallest absolute Gasteiger partial charge is 0.224 e. The molecule has 75 valence electrons. The summed E-state index contributed by atoms with van der Waals surface area (Å²) in [5.41, 5.74) is 4.85. The fraction of sp³-hybridized carbons (Fsp3) is 0.800. The highest BCUT2D eigenvalue weighted by Crippen LogP contribution is 2.36. The molecule has 13 heavy (non-hydrogen) atoms. The molecule has 0 aromatic heterocycles. The fourth-order valence-corrected chi connectivity index (χ4v) is 2.09. The molecule has 1 aliphatic rings. The van der Waals surface area contributed by atoms with Crippen LogP contribution in [0.2, 0.25) is 0 Å². The molecule has 0 aliphatic heterocycles. The van der Waals surface area contributed by atoms with Gasteiger partial charge in [-0.05, 0) is 12.8 Å².